The molecule has 1 saturated carbocycles. The molecule has 0 amide bonds. The first kappa shape index (κ1) is 10.0. The topological polar surface area (TPSA) is 33.0 Å². The van der Waals surface area contributed by atoms with Gasteiger partial charge in [0, 0.05) is 5.56 Å². The number of aryl methyl sites for hydroxylation is 2. The molecule has 0 aromatic heterocycles. The van der Waals surface area contributed by atoms with Gasteiger partial charge in [0.25, 0.3) is 0 Å². The molecule has 0 heterocycles. The molecule has 0 unspecified atom stereocenters. The van der Waals surface area contributed by atoms with Gasteiger partial charge in [-0.1, -0.05) is 6.07 Å². The highest BCUT2D eigenvalue weighted by molar-refractivity contribution is 5.51. The van der Waals surface area contributed by atoms with Crippen molar-refractivity contribution in [2.24, 2.45) is 0 Å². The smallest absolute Gasteiger partial charge is 0.123 e. The average molecular weight is 201 g/mol. The third-order valence-corrected chi connectivity index (χ3v) is 3.30. The Labute approximate surface area is 90.5 Å². The van der Waals surface area contributed by atoms with Gasteiger partial charge in [0.1, 0.15) is 5.75 Å². The van der Waals surface area contributed by atoms with Crippen LogP contribution in [0, 0.1) is 25.2 Å². The Morgan fingerprint density at radius 2 is 1.87 bits per heavy atom. The molecule has 78 valence electrons. The van der Waals surface area contributed by atoms with Crippen LogP contribution in [0.1, 0.15) is 29.5 Å². The van der Waals surface area contributed by atoms with Crippen molar-refractivity contribution in [1.82, 2.24) is 0 Å². The molecule has 1 aliphatic rings. The Bertz CT molecular complexity index is 439. The fourth-order valence-corrected chi connectivity index (χ4v) is 1.90. The fourth-order valence-electron chi connectivity index (χ4n) is 1.90. The number of rotatable bonds is 2. The van der Waals surface area contributed by atoms with Crippen molar-refractivity contribution in [3.63, 3.8) is 0 Å². The number of ether oxygens (including phenoxy) is 1. The first-order chi connectivity index (χ1) is 7.13. The van der Waals surface area contributed by atoms with Gasteiger partial charge in [-0.15, -0.1) is 0 Å². The van der Waals surface area contributed by atoms with Crippen LogP contribution >= 0.6 is 0 Å². The van der Waals surface area contributed by atoms with Gasteiger partial charge in [0.15, 0.2) is 0 Å². The Hall–Kier alpha value is -1.49. The molecular weight excluding hydrogens is 186 g/mol. The van der Waals surface area contributed by atoms with Crippen molar-refractivity contribution in [2.45, 2.75) is 32.1 Å². The van der Waals surface area contributed by atoms with Crippen molar-refractivity contribution >= 4 is 0 Å². The van der Waals surface area contributed by atoms with Gasteiger partial charge in [-0.3, -0.25) is 0 Å². The zero-order valence-corrected chi connectivity index (χ0v) is 9.42. The Kier molecular flexibility index (Phi) is 2.19. The maximum absolute atomic E-state index is 9.18. The lowest BCUT2D eigenvalue weighted by molar-refractivity contribution is 0.407. The first-order valence-electron chi connectivity index (χ1n) is 5.20. The molecule has 2 rings (SSSR count). The van der Waals surface area contributed by atoms with E-state index in [0.717, 1.165) is 24.2 Å². The predicted molar refractivity (Wildman–Crippen MR) is 59.0 cm³/mol. The fraction of sp³-hybridized carbons (Fsp3) is 0.462. The highest BCUT2D eigenvalue weighted by Crippen LogP contribution is 2.51. The minimum absolute atomic E-state index is 0.260. The zero-order chi connectivity index (χ0) is 11.1. The molecule has 0 spiro atoms. The second kappa shape index (κ2) is 3.27. The Balaban J connectivity index is 2.56. The number of hydrogen-bond acceptors (Lipinski definition) is 2. The quantitative estimate of drug-likeness (QED) is 0.737. The molecular formula is C13H15NO. The van der Waals surface area contributed by atoms with E-state index in [1.165, 1.54) is 11.1 Å². The van der Waals surface area contributed by atoms with E-state index in [4.69, 9.17) is 4.74 Å². The number of hydrogen-bond donors (Lipinski definition) is 0. The standard InChI is InChI=1S/C13H15NO/c1-9-6-11(13(8-14)4-5-13)12(15-3)7-10(9)2/h6-7H,4-5H2,1-3H3. The summed E-state index contributed by atoms with van der Waals surface area (Å²) in [6, 6.07) is 6.54. The van der Waals surface area contributed by atoms with Gasteiger partial charge < -0.3 is 4.74 Å². The lowest BCUT2D eigenvalue weighted by Crippen LogP contribution is -2.06. The predicted octanol–water partition coefficient (Wildman–Crippen LogP) is 2.87. The van der Waals surface area contributed by atoms with Gasteiger partial charge in [-0.05, 0) is 43.9 Å². The van der Waals surface area contributed by atoms with E-state index < -0.39 is 0 Å². The molecule has 0 radical (unpaired) electrons. The van der Waals surface area contributed by atoms with Crippen LogP contribution in [0.15, 0.2) is 12.1 Å². The van der Waals surface area contributed by atoms with Gasteiger partial charge in [-0.2, -0.15) is 5.26 Å². The maximum Gasteiger partial charge on any atom is 0.123 e. The third kappa shape index (κ3) is 1.48. The van der Waals surface area contributed by atoms with Gasteiger partial charge >= 0.3 is 0 Å². The van der Waals surface area contributed by atoms with Gasteiger partial charge in [-0.25, -0.2) is 0 Å². The molecule has 1 aliphatic carbocycles. The molecule has 0 aliphatic heterocycles. The number of nitriles is 1. The van der Waals surface area contributed by atoms with Crippen LogP contribution in [0.2, 0.25) is 0 Å². The van der Waals surface area contributed by atoms with E-state index in [-0.39, 0.29) is 5.41 Å². The normalized spacial score (nSPS) is 16.9. The van der Waals surface area contributed by atoms with Crippen molar-refractivity contribution in [3.05, 3.63) is 28.8 Å². The summed E-state index contributed by atoms with van der Waals surface area (Å²) in [6.45, 7) is 4.14. The molecule has 1 fully saturated rings. The van der Waals surface area contributed by atoms with Crippen molar-refractivity contribution in [1.29, 1.82) is 5.26 Å². The van der Waals surface area contributed by atoms with Crippen LogP contribution < -0.4 is 4.74 Å². The van der Waals surface area contributed by atoms with Crippen molar-refractivity contribution in [2.75, 3.05) is 7.11 Å². The third-order valence-electron chi connectivity index (χ3n) is 3.30. The number of methoxy groups -OCH3 is 1. The van der Waals surface area contributed by atoms with E-state index in [1.807, 2.05) is 6.07 Å². The molecule has 0 saturated heterocycles. The van der Waals surface area contributed by atoms with E-state index in [1.54, 1.807) is 7.11 Å². The van der Waals surface area contributed by atoms with E-state index in [2.05, 4.69) is 26.0 Å². The first-order valence-corrected chi connectivity index (χ1v) is 5.20. The minimum atomic E-state index is -0.260. The summed E-state index contributed by atoms with van der Waals surface area (Å²) in [4.78, 5) is 0. The van der Waals surface area contributed by atoms with Crippen molar-refractivity contribution in [3.8, 4) is 11.8 Å². The largest absolute Gasteiger partial charge is 0.496 e. The van der Waals surface area contributed by atoms with Crippen LogP contribution in [0.4, 0.5) is 0 Å². The second-order valence-electron chi connectivity index (χ2n) is 4.33. The summed E-state index contributed by atoms with van der Waals surface area (Å²) in [5.41, 5.74) is 3.25. The van der Waals surface area contributed by atoms with Crippen LogP contribution in [-0.2, 0) is 5.41 Å². The van der Waals surface area contributed by atoms with Crippen molar-refractivity contribution < 1.29 is 4.74 Å². The summed E-state index contributed by atoms with van der Waals surface area (Å²) in [5.74, 6) is 0.858. The van der Waals surface area contributed by atoms with E-state index in [9.17, 15) is 5.26 Å². The summed E-state index contributed by atoms with van der Waals surface area (Å²) in [5, 5.41) is 9.18. The monoisotopic (exact) mass is 201 g/mol. The molecule has 1 aromatic rings. The summed E-state index contributed by atoms with van der Waals surface area (Å²) in [6.07, 6.45) is 1.92. The zero-order valence-electron chi connectivity index (χ0n) is 9.42. The summed E-state index contributed by atoms with van der Waals surface area (Å²) < 4.78 is 5.36. The molecule has 0 atom stereocenters. The lowest BCUT2D eigenvalue weighted by Gasteiger charge is -2.14. The summed E-state index contributed by atoms with van der Waals surface area (Å²) in [7, 11) is 1.67. The highest BCUT2D eigenvalue weighted by atomic mass is 16.5. The van der Waals surface area contributed by atoms with Gasteiger partial charge in [0.2, 0.25) is 0 Å². The van der Waals surface area contributed by atoms with Crippen LogP contribution in [0.5, 0.6) is 5.75 Å². The maximum atomic E-state index is 9.18. The minimum Gasteiger partial charge on any atom is -0.496 e. The van der Waals surface area contributed by atoms with Gasteiger partial charge in [0.05, 0.1) is 18.6 Å². The Morgan fingerprint density at radius 1 is 1.27 bits per heavy atom. The van der Waals surface area contributed by atoms with Crippen LogP contribution in [0.25, 0.3) is 0 Å². The lowest BCUT2D eigenvalue weighted by atomic mass is 9.93. The van der Waals surface area contributed by atoms with E-state index >= 15 is 0 Å². The molecule has 0 bridgehead atoms. The van der Waals surface area contributed by atoms with Crippen LogP contribution in [-0.4, -0.2) is 7.11 Å². The summed E-state index contributed by atoms with van der Waals surface area (Å²) >= 11 is 0. The molecule has 2 heteroatoms. The number of benzene rings is 1. The second-order valence-corrected chi connectivity index (χ2v) is 4.33. The molecule has 1 aromatic carbocycles. The number of nitrogens with zero attached hydrogens (tertiary/aromatic N) is 1. The SMILES string of the molecule is COc1cc(C)c(C)cc1C1(C#N)CC1. The average Bonchev–Trinajstić information content (AvgIpc) is 3.02. The van der Waals surface area contributed by atoms with E-state index in [0.29, 0.717) is 0 Å². The Morgan fingerprint density at radius 3 is 2.33 bits per heavy atom. The highest BCUT2D eigenvalue weighted by Gasteiger charge is 2.46. The molecule has 0 N–H and O–H groups in total. The van der Waals surface area contributed by atoms with Crippen LogP contribution in [0.3, 0.4) is 0 Å². The molecule has 15 heavy (non-hydrogen) atoms. The molecule has 2 nitrogen and oxygen atoms in total.